The zero-order valence-electron chi connectivity index (χ0n) is 5.28. The van der Waals surface area contributed by atoms with Gasteiger partial charge in [-0.25, -0.2) is 4.79 Å². The molecule has 56 valence electrons. The smallest absolute Gasteiger partial charge is 0.346 e. The van der Waals surface area contributed by atoms with Crippen LogP contribution in [0.1, 0.15) is 0 Å². The molecule has 0 radical (unpaired) electrons. The van der Waals surface area contributed by atoms with Crippen LogP contribution in [-0.2, 0) is 9.53 Å². The fourth-order valence-electron chi connectivity index (χ4n) is 0.231. The van der Waals surface area contributed by atoms with E-state index in [1.807, 2.05) is 0 Å². The van der Waals surface area contributed by atoms with Crippen LogP contribution in [0.4, 0.5) is 0 Å². The van der Waals surface area contributed by atoms with Gasteiger partial charge in [0.25, 0.3) is 0 Å². The first kappa shape index (κ1) is 8.87. The van der Waals surface area contributed by atoms with Crippen LogP contribution in [0.25, 0.3) is 0 Å². The molecule has 0 amide bonds. The molecule has 0 saturated heterocycles. The molecule has 0 saturated carbocycles. The van der Waals surface area contributed by atoms with Gasteiger partial charge in [-0.15, -0.1) is 0 Å². The summed E-state index contributed by atoms with van der Waals surface area (Å²) >= 11 is 0. The molecule has 0 heterocycles. The molecule has 0 bridgehead atoms. The zero-order valence-corrected chi connectivity index (χ0v) is 5.28. The Balaban J connectivity index is 4.00. The average Bonchev–Trinajstić information content (AvgIpc) is 1.87. The van der Waals surface area contributed by atoms with Crippen molar-refractivity contribution < 1.29 is 19.7 Å². The van der Waals surface area contributed by atoms with E-state index in [0.717, 1.165) is 6.08 Å². The van der Waals surface area contributed by atoms with Gasteiger partial charge in [0.2, 0.25) is 0 Å². The zero-order chi connectivity index (χ0) is 8.20. The molecule has 0 aliphatic rings. The van der Waals surface area contributed by atoms with E-state index in [4.69, 9.17) is 10.2 Å². The predicted octanol–water partition coefficient (Wildman–Crippen LogP) is -0.460. The number of hydrogen-bond donors (Lipinski definition) is 2. The molecule has 4 nitrogen and oxygen atoms in total. The third-order valence-electron chi connectivity index (χ3n) is 0.683. The van der Waals surface area contributed by atoms with Gasteiger partial charge in [-0.2, -0.15) is 0 Å². The highest BCUT2D eigenvalue weighted by atomic mass is 16.8. The molecule has 0 unspecified atom stereocenters. The molecule has 0 spiro atoms. The third-order valence-corrected chi connectivity index (χ3v) is 0.683. The van der Waals surface area contributed by atoms with Crippen LogP contribution in [0.3, 0.4) is 0 Å². The van der Waals surface area contributed by atoms with Crippen molar-refractivity contribution in [2.45, 2.75) is 5.97 Å². The van der Waals surface area contributed by atoms with Gasteiger partial charge in [-0.05, 0) is 0 Å². The lowest BCUT2D eigenvalue weighted by molar-refractivity contribution is -0.283. The number of esters is 1. The minimum Gasteiger partial charge on any atom is -0.401 e. The Labute approximate surface area is 58.0 Å². The first-order chi connectivity index (χ1) is 4.52. The fraction of sp³-hybridized carbons (Fsp3) is 0.167. The molecule has 10 heavy (non-hydrogen) atoms. The number of carbonyl (C=O) groups is 1. The molecule has 0 aromatic carbocycles. The molecule has 2 N–H and O–H groups in total. The molecule has 0 aromatic rings. The van der Waals surface area contributed by atoms with Gasteiger partial charge >= 0.3 is 11.9 Å². The highest BCUT2D eigenvalue weighted by Gasteiger charge is 2.21. The van der Waals surface area contributed by atoms with Crippen molar-refractivity contribution >= 4 is 5.97 Å². The first-order valence-corrected chi connectivity index (χ1v) is 2.45. The van der Waals surface area contributed by atoms with Crippen molar-refractivity contribution in [3.05, 3.63) is 25.3 Å². The Hall–Kier alpha value is -1.13. The number of aliphatic hydroxyl groups is 2. The summed E-state index contributed by atoms with van der Waals surface area (Å²) in [6, 6.07) is 0. The number of ether oxygens (including phenoxy) is 1. The van der Waals surface area contributed by atoms with E-state index < -0.39 is 11.9 Å². The van der Waals surface area contributed by atoms with Crippen LogP contribution >= 0.6 is 0 Å². The highest BCUT2D eigenvalue weighted by molar-refractivity contribution is 5.81. The predicted molar refractivity (Wildman–Crippen MR) is 33.7 cm³/mol. The third kappa shape index (κ3) is 3.01. The standard InChI is InChI=1S/C6H8O4/c1-3-5(7)10-6(8,9)4-2/h3-4,8-9H,1-2H2. The van der Waals surface area contributed by atoms with Crippen molar-refractivity contribution in [3.8, 4) is 0 Å². The lowest BCUT2D eigenvalue weighted by Crippen LogP contribution is -2.31. The van der Waals surface area contributed by atoms with Gasteiger partial charge in [0.15, 0.2) is 0 Å². The highest BCUT2D eigenvalue weighted by Crippen LogP contribution is 2.02. The van der Waals surface area contributed by atoms with Crippen molar-refractivity contribution in [3.63, 3.8) is 0 Å². The number of hydrogen-bond acceptors (Lipinski definition) is 4. The SMILES string of the molecule is C=CC(=O)OC(O)(O)C=C. The van der Waals surface area contributed by atoms with Crippen molar-refractivity contribution in [1.82, 2.24) is 0 Å². The summed E-state index contributed by atoms with van der Waals surface area (Å²) in [5.41, 5.74) is 0. The van der Waals surface area contributed by atoms with Gasteiger partial charge in [0.05, 0.1) is 0 Å². The number of carbonyl (C=O) groups excluding carboxylic acids is 1. The van der Waals surface area contributed by atoms with Gasteiger partial charge in [0.1, 0.15) is 0 Å². The van der Waals surface area contributed by atoms with E-state index in [2.05, 4.69) is 17.9 Å². The summed E-state index contributed by atoms with van der Waals surface area (Å²) in [5, 5.41) is 17.1. The molecular formula is C6H8O4. The fourth-order valence-corrected chi connectivity index (χ4v) is 0.231. The maximum atomic E-state index is 10.3. The van der Waals surface area contributed by atoms with E-state index in [9.17, 15) is 4.79 Å². The molecular weight excluding hydrogens is 136 g/mol. The largest absolute Gasteiger partial charge is 0.401 e. The normalized spacial score (nSPS) is 10.2. The van der Waals surface area contributed by atoms with E-state index >= 15 is 0 Å². The summed E-state index contributed by atoms with van der Waals surface area (Å²) in [6.45, 7) is 6.06. The van der Waals surface area contributed by atoms with Crippen molar-refractivity contribution in [2.75, 3.05) is 0 Å². The van der Waals surface area contributed by atoms with E-state index in [0.29, 0.717) is 6.08 Å². The first-order valence-electron chi connectivity index (χ1n) is 2.45. The van der Waals surface area contributed by atoms with Crippen LogP contribution in [0.15, 0.2) is 25.3 Å². The summed E-state index contributed by atoms with van der Waals surface area (Å²) in [5.74, 6) is -3.52. The minimum atomic E-state index is -2.59. The Kier molecular flexibility index (Phi) is 2.79. The van der Waals surface area contributed by atoms with Gasteiger partial charge in [-0.1, -0.05) is 13.2 Å². The van der Waals surface area contributed by atoms with E-state index in [1.54, 1.807) is 0 Å². The summed E-state index contributed by atoms with van der Waals surface area (Å²) in [4.78, 5) is 10.3. The summed E-state index contributed by atoms with van der Waals surface area (Å²) in [7, 11) is 0. The van der Waals surface area contributed by atoms with Crippen LogP contribution in [0, 0.1) is 0 Å². The van der Waals surface area contributed by atoms with Crippen LogP contribution in [0.2, 0.25) is 0 Å². The summed E-state index contributed by atoms with van der Waals surface area (Å²) < 4.78 is 3.97. The Morgan fingerprint density at radius 2 is 2.00 bits per heavy atom. The van der Waals surface area contributed by atoms with E-state index in [1.165, 1.54) is 0 Å². The van der Waals surface area contributed by atoms with Crippen LogP contribution in [-0.4, -0.2) is 22.2 Å². The molecule has 4 heteroatoms. The Bertz CT molecular complexity index is 159. The molecule has 0 aliphatic carbocycles. The van der Waals surface area contributed by atoms with Crippen molar-refractivity contribution in [2.24, 2.45) is 0 Å². The van der Waals surface area contributed by atoms with Gasteiger partial charge in [0, 0.05) is 12.2 Å². The number of rotatable bonds is 3. The Morgan fingerprint density at radius 1 is 1.50 bits per heavy atom. The second kappa shape index (κ2) is 3.14. The maximum Gasteiger partial charge on any atom is 0.346 e. The second-order valence-electron chi connectivity index (χ2n) is 1.49. The van der Waals surface area contributed by atoms with Gasteiger partial charge < -0.3 is 14.9 Å². The van der Waals surface area contributed by atoms with E-state index in [-0.39, 0.29) is 0 Å². The van der Waals surface area contributed by atoms with Gasteiger partial charge in [-0.3, -0.25) is 0 Å². The Morgan fingerprint density at radius 3 is 2.30 bits per heavy atom. The topological polar surface area (TPSA) is 66.8 Å². The molecule has 0 aromatic heterocycles. The lowest BCUT2D eigenvalue weighted by atomic mass is 10.5. The monoisotopic (exact) mass is 144 g/mol. The minimum absolute atomic E-state index is 0.675. The van der Waals surface area contributed by atoms with Crippen molar-refractivity contribution in [1.29, 1.82) is 0 Å². The lowest BCUT2D eigenvalue weighted by Gasteiger charge is -2.14. The molecule has 0 rings (SSSR count). The maximum absolute atomic E-state index is 10.3. The summed E-state index contributed by atoms with van der Waals surface area (Å²) in [6.07, 6.45) is 1.49. The molecule has 0 atom stereocenters. The quantitative estimate of drug-likeness (QED) is 0.243. The molecule has 0 fully saturated rings. The second-order valence-corrected chi connectivity index (χ2v) is 1.49. The van der Waals surface area contributed by atoms with Crippen LogP contribution < -0.4 is 0 Å². The average molecular weight is 144 g/mol. The molecule has 0 aliphatic heterocycles. The van der Waals surface area contributed by atoms with Crippen LogP contribution in [0.5, 0.6) is 0 Å².